The third kappa shape index (κ3) is 6.02. The Morgan fingerprint density at radius 3 is 2.30 bits per heavy atom. The van der Waals surface area contributed by atoms with Gasteiger partial charge in [-0.25, -0.2) is 9.59 Å². The van der Waals surface area contributed by atoms with Crippen molar-refractivity contribution < 1.29 is 19.1 Å². The average Bonchev–Trinajstić information content (AvgIpc) is 2.62. The van der Waals surface area contributed by atoms with Crippen LogP contribution in [0.25, 0.3) is 0 Å². The lowest BCUT2D eigenvalue weighted by Crippen LogP contribution is -2.39. The molecule has 2 N–H and O–H groups in total. The van der Waals surface area contributed by atoms with Crippen LogP contribution in [0.3, 0.4) is 0 Å². The van der Waals surface area contributed by atoms with Gasteiger partial charge in [0.2, 0.25) is 0 Å². The van der Waals surface area contributed by atoms with Crippen LogP contribution >= 0.6 is 0 Å². The van der Waals surface area contributed by atoms with Gasteiger partial charge in [-0.15, -0.1) is 0 Å². The van der Waals surface area contributed by atoms with E-state index >= 15 is 0 Å². The topological polar surface area (TPSA) is 76.7 Å². The molecule has 0 radical (unpaired) electrons. The van der Waals surface area contributed by atoms with E-state index in [4.69, 9.17) is 9.47 Å². The minimum absolute atomic E-state index is 0.264. The molecule has 0 spiro atoms. The van der Waals surface area contributed by atoms with E-state index in [2.05, 4.69) is 24.5 Å². The molecule has 27 heavy (non-hydrogen) atoms. The Bertz CT molecular complexity index is 772. The molecular formula is C21H26N2O4. The largest absolute Gasteiger partial charge is 0.471 e. The Labute approximate surface area is 159 Å². The third-order valence-electron chi connectivity index (χ3n) is 3.86. The van der Waals surface area contributed by atoms with Gasteiger partial charge in [-0.2, -0.15) is 0 Å². The summed E-state index contributed by atoms with van der Waals surface area (Å²) >= 11 is 0. The van der Waals surface area contributed by atoms with Gasteiger partial charge in [0.15, 0.2) is 6.23 Å². The minimum atomic E-state index is -0.551. The van der Waals surface area contributed by atoms with Gasteiger partial charge in [0.25, 0.3) is 0 Å². The molecule has 0 aliphatic carbocycles. The maximum absolute atomic E-state index is 12.2. The number of nitrogens with one attached hydrogen (secondary N) is 2. The summed E-state index contributed by atoms with van der Waals surface area (Å²) in [7, 11) is 0. The monoisotopic (exact) mass is 370 g/mol. The average molecular weight is 370 g/mol. The SMILES string of the molecule is CCOC(=O)c1ccccc1NC(=O)NC(C)Oc1ccc(C(C)C)cc1. The second kappa shape index (κ2) is 9.62. The molecule has 2 aromatic rings. The van der Waals surface area contributed by atoms with Crippen LogP contribution in [-0.2, 0) is 4.74 Å². The number of esters is 1. The molecule has 0 bridgehead atoms. The highest BCUT2D eigenvalue weighted by Gasteiger charge is 2.15. The van der Waals surface area contributed by atoms with E-state index in [-0.39, 0.29) is 6.61 Å². The van der Waals surface area contributed by atoms with E-state index in [0.29, 0.717) is 22.9 Å². The van der Waals surface area contributed by atoms with Crippen LogP contribution in [0.2, 0.25) is 0 Å². The van der Waals surface area contributed by atoms with Crippen LogP contribution in [0.5, 0.6) is 5.75 Å². The standard InChI is InChI=1S/C21H26N2O4/c1-5-26-20(24)18-8-6-7-9-19(18)23-21(25)22-15(4)27-17-12-10-16(11-13-17)14(2)3/h6-15H,5H2,1-4H3,(H2,22,23,25). The number of carbonyl (C=O) groups excluding carboxylic acids is 2. The first-order chi connectivity index (χ1) is 12.9. The number of anilines is 1. The van der Waals surface area contributed by atoms with E-state index in [9.17, 15) is 9.59 Å². The number of amides is 2. The predicted octanol–water partition coefficient (Wildman–Crippen LogP) is 4.53. The van der Waals surface area contributed by atoms with Gasteiger partial charge in [0.05, 0.1) is 17.9 Å². The molecule has 6 heteroatoms. The van der Waals surface area contributed by atoms with E-state index in [1.807, 2.05) is 24.3 Å². The second-order valence-corrected chi connectivity index (χ2v) is 6.35. The first kappa shape index (κ1) is 20.3. The van der Waals surface area contributed by atoms with E-state index < -0.39 is 18.2 Å². The van der Waals surface area contributed by atoms with Crippen molar-refractivity contribution in [3.05, 3.63) is 59.7 Å². The highest BCUT2D eigenvalue weighted by molar-refractivity contribution is 6.00. The van der Waals surface area contributed by atoms with Gasteiger partial charge in [-0.1, -0.05) is 38.1 Å². The number of para-hydroxylation sites is 1. The van der Waals surface area contributed by atoms with Gasteiger partial charge in [-0.05, 0) is 49.6 Å². The van der Waals surface area contributed by atoms with Crippen molar-refractivity contribution in [2.75, 3.05) is 11.9 Å². The van der Waals surface area contributed by atoms with Crippen molar-refractivity contribution in [3.8, 4) is 5.75 Å². The molecule has 1 atom stereocenters. The third-order valence-corrected chi connectivity index (χ3v) is 3.86. The highest BCUT2D eigenvalue weighted by atomic mass is 16.5. The summed E-state index contributed by atoms with van der Waals surface area (Å²) in [6.45, 7) is 7.97. The van der Waals surface area contributed by atoms with E-state index in [1.165, 1.54) is 5.56 Å². The number of hydrogen-bond donors (Lipinski definition) is 2. The fraction of sp³-hybridized carbons (Fsp3) is 0.333. The summed E-state index contributed by atoms with van der Waals surface area (Å²) in [5.41, 5.74) is 1.89. The maximum atomic E-state index is 12.2. The van der Waals surface area contributed by atoms with Crippen LogP contribution in [0.15, 0.2) is 48.5 Å². The molecular weight excluding hydrogens is 344 g/mol. The zero-order valence-corrected chi connectivity index (χ0v) is 16.1. The predicted molar refractivity (Wildman–Crippen MR) is 105 cm³/mol. The molecule has 2 aromatic carbocycles. The molecule has 0 saturated carbocycles. The second-order valence-electron chi connectivity index (χ2n) is 6.35. The smallest absolute Gasteiger partial charge is 0.340 e. The molecule has 0 heterocycles. The van der Waals surface area contributed by atoms with Crippen molar-refractivity contribution in [2.24, 2.45) is 0 Å². The van der Waals surface area contributed by atoms with E-state index in [1.54, 1.807) is 38.1 Å². The van der Waals surface area contributed by atoms with Crippen molar-refractivity contribution in [1.82, 2.24) is 5.32 Å². The lowest BCUT2D eigenvalue weighted by molar-refractivity contribution is 0.0527. The summed E-state index contributed by atoms with van der Waals surface area (Å²) in [6.07, 6.45) is -0.551. The summed E-state index contributed by atoms with van der Waals surface area (Å²) in [4.78, 5) is 24.2. The van der Waals surface area contributed by atoms with Crippen LogP contribution < -0.4 is 15.4 Å². The molecule has 0 saturated heterocycles. The first-order valence-corrected chi connectivity index (χ1v) is 9.01. The summed E-state index contributed by atoms with van der Waals surface area (Å²) < 4.78 is 10.7. The van der Waals surface area contributed by atoms with Crippen LogP contribution in [0.1, 0.15) is 49.5 Å². The van der Waals surface area contributed by atoms with Gasteiger partial charge < -0.3 is 20.1 Å². The van der Waals surface area contributed by atoms with Gasteiger partial charge in [-0.3, -0.25) is 0 Å². The van der Waals surface area contributed by atoms with Gasteiger partial charge in [0, 0.05) is 0 Å². The number of ether oxygens (including phenoxy) is 2. The lowest BCUT2D eigenvalue weighted by Gasteiger charge is -2.18. The van der Waals surface area contributed by atoms with Crippen molar-refractivity contribution in [2.45, 2.75) is 39.8 Å². The van der Waals surface area contributed by atoms with Crippen LogP contribution in [-0.4, -0.2) is 24.8 Å². The lowest BCUT2D eigenvalue weighted by atomic mass is 10.0. The normalized spacial score (nSPS) is 11.6. The Morgan fingerprint density at radius 1 is 1.00 bits per heavy atom. The Balaban J connectivity index is 1.94. The highest BCUT2D eigenvalue weighted by Crippen LogP contribution is 2.19. The fourth-order valence-electron chi connectivity index (χ4n) is 2.49. The molecule has 0 aliphatic rings. The number of carbonyl (C=O) groups is 2. The zero-order chi connectivity index (χ0) is 19.8. The molecule has 2 amide bonds. The Hall–Kier alpha value is -3.02. The van der Waals surface area contributed by atoms with Crippen LogP contribution in [0, 0.1) is 0 Å². The van der Waals surface area contributed by atoms with Gasteiger partial charge >= 0.3 is 12.0 Å². The minimum Gasteiger partial charge on any atom is -0.471 e. The zero-order valence-electron chi connectivity index (χ0n) is 16.1. The maximum Gasteiger partial charge on any atom is 0.340 e. The molecule has 0 fully saturated rings. The van der Waals surface area contributed by atoms with Crippen LogP contribution in [0.4, 0.5) is 10.5 Å². The molecule has 2 rings (SSSR count). The molecule has 6 nitrogen and oxygen atoms in total. The van der Waals surface area contributed by atoms with Gasteiger partial charge in [0.1, 0.15) is 5.75 Å². The van der Waals surface area contributed by atoms with Crippen molar-refractivity contribution in [1.29, 1.82) is 0 Å². The molecule has 144 valence electrons. The fourth-order valence-corrected chi connectivity index (χ4v) is 2.49. The number of benzene rings is 2. The molecule has 1 unspecified atom stereocenters. The Morgan fingerprint density at radius 2 is 1.67 bits per heavy atom. The summed E-state index contributed by atoms with van der Waals surface area (Å²) in [5.74, 6) is 0.627. The Kier molecular flexibility index (Phi) is 7.23. The quantitative estimate of drug-likeness (QED) is 0.554. The molecule has 0 aliphatic heterocycles. The number of rotatable bonds is 7. The van der Waals surface area contributed by atoms with Crippen molar-refractivity contribution in [3.63, 3.8) is 0 Å². The van der Waals surface area contributed by atoms with E-state index in [0.717, 1.165) is 0 Å². The molecule has 0 aromatic heterocycles. The summed E-state index contributed by atoms with van der Waals surface area (Å²) in [5, 5.41) is 5.35. The summed E-state index contributed by atoms with van der Waals surface area (Å²) in [6, 6.07) is 14.0. The number of urea groups is 1. The van der Waals surface area contributed by atoms with Crippen molar-refractivity contribution >= 4 is 17.7 Å². The number of hydrogen-bond acceptors (Lipinski definition) is 4. The first-order valence-electron chi connectivity index (χ1n) is 9.01.